The highest BCUT2D eigenvalue weighted by Gasteiger charge is 2.10. The molecule has 0 aliphatic heterocycles. The van der Waals surface area contributed by atoms with E-state index < -0.39 is 0 Å². The van der Waals surface area contributed by atoms with Crippen molar-refractivity contribution >= 4 is 5.96 Å². The Morgan fingerprint density at radius 3 is 2.59 bits per heavy atom. The predicted octanol–water partition coefficient (Wildman–Crippen LogP) is 1.47. The summed E-state index contributed by atoms with van der Waals surface area (Å²) in [6.07, 6.45) is 4.09. The van der Waals surface area contributed by atoms with Crippen LogP contribution in [0.1, 0.15) is 17.0 Å². The molecule has 5 heteroatoms. The SMILES string of the molecule is CN=C(NCc1ccn(C)c1)NCC(CO)c1ccccc1. The fraction of sp³-hybridized carbons (Fsp3) is 0.353. The van der Waals surface area contributed by atoms with E-state index in [1.165, 1.54) is 5.56 Å². The Morgan fingerprint density at radius 1 is 1.23 bits per heavy atom. The zero-order valence-corrected chi connectivity index (χ0v) is 13.2. The smallest absolute Gasteiger partial charge is 0.191 e. The summed E-state index contributed by atoms with van der Waals surface area (Å²) in [5.74, 6) is 0.787. The Morgan fingerprint density at radius 2 is 2.00 bits per heavy atom. The average molecular weight is 300 g/mol. The zero-order valence-electron chi connectivity index (χ0n) is 13.2. The summed E-state index contributed by atoms with van der Waals surface area (Å²) in [5, 5.41) is 16.1. The number of nitrogens with one attached hydrogen (secondary N) is 2. The first-order chi connectivity index (χ1) is 10.7. The van der Waals surface area contributed by atoms with E-state index in [4.69, 9.17) is 0 Å². The molecule has 0 saturated heterocycles. The van der Waals surface area contributed by atoms with E-state index in [1.807, 2.05) is 48.1 Å². The molecule has 118 valence electrons. The number of hydrogen-bond acceptors (Lipinski definition) is 2. The predicted molar refractivity (Wildman–Crippen MR) is 89.9 cm³/mol. The Labute approximate surface area is 131 Å². The van der Waals surface area contributed by atoms with Crippen LogP contribution in [0.5, 0.6) is 0 Å². The molecule has 2 rings (SSSR count). The minimum atomic E-state index is 0.0523. The molecule has 1 atom stereocenters. The van der Waals surface area contributed by atoms with E-state index >= 15 is 0 Å². The molecule has 2 aromatic rings. The highest BCUT2D eigenvalue weighted by Crippen LogP contribution is 2.13. The summed E-state index contributed by atoms with van der Waals surface area (Å²) in [5.41, 5.74) is 2.32. The third-order valence-corrected chi connectivity index (χ3v) is 3.58. The Hall–Kier alpha value is -2.27. The molecule has 0 fully saturated rings. The van der Waals surface area contributed by atoms with Gasteiger partial charge in [-0.15, -0.1) is 0 Å². The third kappa shape index (κ3) is 4.63. The fourth-order valence-corrected chi connectivity index (χ4v) is 2.30. The molecule has 1 aromatic heterocycles. The van der Waals surface area contributed by atoms with Crippen molar-refractivity contribution in [1.29, 1.82) is 0 Å². The third-order valence-electron chi connectivity index (χ3n) is 3.58. The van der Waals surface area contributed by atoms with Crippen molar-refractivity contribution in [3.63, 3.8) is 0 Å². The van der Waals surface area contributed by atoms with E-state index in [9.17, 15) is 5.11 Å². The van der Waals surface area contributed by atoms with E-state index in [-0.39, 0.29) is 12.5 Å². The maximum absolute atomic E-state index is 9.57. The largest absolute Gasteiger partial charge is 0.396 e. The maximum Gasteiger partial charge on any atom is 0.191 e. The number of aromatic nitrogens is 1. The van der Waals surface area contributed by atoms with Gasteiger partial charge in [-0.2, -0.15) is 0 Å². The van der Waals surface area contributed by atoms with E-state index in [1.54, 1.807) is 7.05 Å². The second kappa shape index (κ2) is 8.24. The standard InChI is InChI=1S/C17H24N4O/c1-18-17(19-10-14-8-9-21(2)12-14)20-11-16(13-22)15-6-4-3-5-7-15/h3-9,12,16,22H,10-11,13H2,1-2H3,(H2,18,19,20). The second-order valence-electron chi connectivity index (χ2n) is 5.28. The van der Waals surface area contributed by atoms with Gasteiger partial charge in [-0.25, -0.2) is 0 Å². The quantitative estimate of drug-likeness (QED) is 0.559. The first kappa shape index (κ1) is 16.1. The molecule has 1 unspecified atom stereocenters. The van der Waals surface area contributed by atoms with Gasteiger partial charge >= 0.3 is 0 Å². The van der Waals surface area contributed by atoms with Crippen molar-refractivity contribution in [3.8, 4) is 0 Å². The van der Waals surface area contributed by atoms with Gasteiger partial charge in [0.05, 0.1) is 6.61 Å². The second-order valence-corrected chi connectivity index (χ2v) is 5.28. The summed E-state index contributed by atoms with van der Waals surface area (Å²) in [7, 11) is 3.75. The van der Waals surface area contributed by atoms with Crippen LogP contribution in [0.2, 0.25) is 0 Å². The highest BCUT2D eigenvalue weighted by molar-refractivity contribution is 5.79. The van der Waals surface area contributed by atoms with E-state index in [0.717, 1.165) is 18.1 Å². The summed E-state index contributed by atoms with van der Waals surface area (Å²) >= 11 is 0. The number of nitrogens with zero attached hydrogens (tertiary/aromatic N) is 2. The first-order valence-corrected chi connectivity index (χ1v) is 7.44. The van der Waals surface area contributed by atoms with Crippen molar-refractivity contribution < 1.29 is 5.11 Å². The molecular weight excluding hydrogens is 276 g/mol. The average Bonchev–Trinajstić information content (AvgIpc) is 2.97. The number of guanidine groups is 1. The molecule has 0 spiro atoms. The molecular formula is C17H24N4O. The lowest BCUT2D eigenvalue weighted by Gasteiger charge is -2.18. The lowest BCUT2D eigenvalue weighted by molar-refractivity contribution is 0.265. The number of benzene rings is 1. The highest BCUT2D eigenvalue weighted by atomic mass is 16.3. The lowest BCUT2D eigenvalue weighted by atomic mass is 10.0. The van der Waals surface area contributed by atoms with Gasteiger partial charge in [-0.3, -0.25) is 4.99 Å². The molecule has 5 nitrogen and oxygen atoms in total. The summed E-state index contributed by atoms with van der Waals surface area (Å²) in [6.45, 7) is 1.46. The molecule has 0 aliphatic rings. The number of rotatable bonds is 6. The normalized spacial score (nSPS) is 13.0. The number of aryl methyl sites for hydroxylation is 1. The van der Waals surface area contributed by atoms with Crippen LogP contribution in [0.25, 0.3) is 0 Å². The monoisotopic (exact) mass is 300 g/mol. The molecule has 0 amide bonds. The summed E-state index contributed by atoms with van der Waals surface area (Å²) in [4.78, 5) is 4.22. The van der Waals surface area contributed by atoms with Crippen molar-refractivity contribution in [1.82, 2.24) is 15.2 Å². The molecule has 0 aliphatic carbocycles. The Kier molecular flexibility index (Phi) is 6.03. The number of hydrogen-bond donors (Lipinski definition) is 3. The van der Waals surface area contributed by atoms with Gasteiger partial charge in [-0.05, 0) is 17.2 Å². The topological polar surface area (TPSA) is 61.6 Å². The van der Waals surface area contributed by atoms with Crippen LogP contribution in [0, 0.1) is 0 Å². The van der Waals surface area contributed by atoms with E-state index in [0.29, 0.717) is 6.54 Å². The van der Waals surface area contributed by atoms with Crippen LogP contribution >= 0.6 is 0 Å². The van der Waals surface area contributed by atoms with Crippen LogP contribution in [-0.4, -0.2) is 35.8 Å². The van der Waals surface area contributed by atoms with Gasteiger partial charge in [-0.1, -0.05) is 30.3 Å². The Balaban J connectivity index is 1.85. The molecule has 1 heterocycles. The minimum Gasteiger partial charge on any atom is -0.396 e. The van der Waals surface area contributed by atoms with Crippen LogP contribution in [0.4, 0.5) is 0 Å². The molecule has 0 bridgehead atoms. The molecule has 3 N–H and O–H groups in total. The van der Waals surface area contributed by atoms with Crippen LogP contribution in [-0.2, 0) is 13.6 Å². The van der Waals surface area contributed by atoms with Gasteiger partial charge in [0.1, 0.15) is 0 Å². The Bertz CT molecular complexity index is 592. The van der Waals surface area contributed by atoms with Crippen LogP contribution in [0.3, 0.4) is 0 Å². The first-order valence-electron chi connectivity index (χ1n) is 7.44. The van der Waals surface area contributed by atoms with Gasteiger partial charge < -0.3 is 20.3 Å². The molecule has 1 aromatic carbocycles. The summed E-state index contributed by atoms with van der Waals surface area (Å²) in [6, 6.07) is 12.1. The van der Waals surface area contributed by atoms with Gasteiger partial charge in [0, 0.05) is 45.5 Å². The van der Waals surface area contributed by atoms with Crippen molar-refractivity contribution in [3.05, 3.63) is 59.9 Å². The minimum absolute atomic E-state index is 0.0523. The van der Waals surface area contributed by atoms with Crippen molar-refractivity contribution in [2.24, 2.45) is 12.0 Å². The molecule has 0 radical (unpaired) electrons. The lowest BCUT2D eigenvalue weighted by Crippen LogP contribution is -2.39. The molecule has 22 heavy (non-hydrogen) atoms. The maximum atomic E-state index is 9.57. The van der Waals surface area contributed by atoms with Gasteiger partial charge in [0.15, 0.2) is 5.96 Å². The zero-order chi connectivity index (χ0) is 15.8. The number of aliphatic imine (C=N–C) groups is 1. The fourth-order valence-electron chi connectivity index (χ4n) is 2.30. The van der Waals surface area contributed by atoms with Crippen molar-refractivity contribution in [2.45, 2.75) is 12.5 Å². The number of aliphatic hydroxyl groups is 1. The summed E-state index contributed by atoms with van der Waals surface area (Å²) < 4.78 is 2.02. The van der Waals surface area contributed by atoms with Gasteiger partial charge in [0.25, 0.3) is 0 Å². The van der Waals surface area contributed by atoms with E-state index in [2.05, 4.69) is 27.9 Å². The number of aliphatic hydroxyl groups excluding tert-OH is 1. The molecule has 0 saturated carbocycles. The van der Waals surface area contributed by atoms with Crippen LogP contribution in [0.15, 0.2) is 53.8 Å². The van der Waals surface area contributed by atoms with Gasteiger partial charge in [0.2, 0.25) is 0 Å². The van der Waals surface area contributed by atoms with Crippen LogP contribution < -0.4 is 10.6 Å². The van der Waals surface area contributed by atoms with Crippen molar-refractivity contribution in [2.75, 3.05) is 20.2 Å².